The lowest BCUT2D eigenvalue weighted by Crippen LogP contribution is -1.96. The Kier molecular flexibility index (Phi) is 3.11. The number of ether oxygens (including phenoxy) is 1. The molecule has 0 amide bonds. The molecular formula is C13H11N3O2. The molecule has 1 heterocycles. The van der Waals surface area contributed by atoms with Crippen LogP contribution in [-0.4, -0.2) is 15.3 Å². The highest BCUT2D eigenvalue weighted by atomic mass is 16.5. The van der Waals surface area contributed by atoms with Crippen molar-refractivity contribution >= 4 is 0 Å². The fourth-order valence-corrected chi connectivity index (χ4v) is 1.55. The van der Waals surface area contributed by atoms with Crippen molar-refractivity contribution in [2.45, 2.75) is 13.8 Å². The first-order valence-electron chi connectivity index (χ1n) is 5.32. The normalized spacial score (nSPS) is 9.83. The Labute approximate surface area is 104 Å². The molecule has 0 spiro atoms. The second-order valence-electron chi connectivity index (χ2n) is 3.85. The summed E-state index contributed by atoms with van der Waals surface area (Å²) in [6.45, 7) is 3.80. The second kappa shape index (κ2) is 4.72. The summed E-state index contributed by atoms with van der Waals surface area (Å²) in [6.07, 6.45) is 0. The highest BCUT2D eigenvalue weighted by Gasteiger charge is 2.11. The fourth-order valence-electron chi connectivity index (χ4n) is 1.55. The molecule has 0 bridgehead atoms. The predicted molar refractivity (Wildman–Crippen MR) is 64.4 cm³/mol. The first-order chi connectivity index (χ1) is 8.61. The summed E-state index contributed by atoms with van der Waals surface area (Å²) in [7, 11) is 0. The molecule has 0 atom stereocenters. The van der Waals surface area contributed by atoms with Gasteiger partial charge >= 0.3 is 0 Å². The molecule has 2 rings (SSSR count). The molecule has 0 aliphatic carbocycles. The molecule has 1 aromatic heterocycles. The predicted octanol–water partition coefficient (Wildman–Crippen LogP) is 2.46. The van der Waals surface area contributed by atoms with Crippen LogP contribution in [0, 0.1) is 25.2 Å². The van der Waals surface area contributed by atoms with Crippen LogP contribution in [-0.2, 0) is 0 Å². The molecule has 0 radical (unpaired) electrons. The molecule has 0 saturated heterocycles. The van der Waals surface area contributed by atoms with E-state index in [9.17, 15) is 5.11 Å². The topological polar surface area (TPSA) is 79.0 Å². The van der Waals surface area contributed by atoms with Crippen molar-refractivity contribution in [2.75, 3.05) is 0 Å². The Hall–Kier alpha value is -2.61. The smallest absolute Gasteiger partial charge is 0.281 e. The highest BCUT2D eigenvalue weighted by molar-refractivity contribution is 5.45. The Bertz CT molecular complexity index is 612. The second-order valence-corrected chi connectivity index (χ2v) is 3.85. The maximum absolute atomic E-state index is 9.69. The van der Waals surface area contributed by atoms with Gasteiger partial charge in [0, 0.05) is 6.07 Å². The van der Waals surface area contributed by atoms with Gasteiger partial charge in [-0.3, -0.25) is 0 Å². The molecule has 1 N–H and O–H groups in total. The summed E-state index contributed by atoms with van der Waals surface area (Å²) in [5.74, 6) is 0.419. The molecule has 5 nitrogen and oxygen atoms in total. The molecule has 0 unspecified atom stereocenters. The monoisotopic (exact) mass is 241 g/mol. The molecule has 2 aromatic rings. The Morgan fingerprint density at radius 1 is 1.22 bits per heavy atom. The van der Waals surface area contributed by atoms with Gasteiger partial charge in [-0.2, -0.15) is 5.26 Å². The van der Waals surface area contributed by atoms with Crippen molar-refractivity contribution in [1.82, 2.24) is 10.2 Å². The minimum atomic E-state index is -0.204. The van der Waals surface area contributed by atoms with Gasteiger partial charge in [-0.1, -0.05) is 18.2 Å². The van der Waals surface area contributed by atoms with Crippen LogP contribution >= 0.6 is 0 Å². The van der Waals surface area contributed by atoms with Crippen LogP contribution in [0.5, 0.6) is 17.4 Å². The zero-order valence-corrected chi connectivity index (χ0v) is 10.0. The molecule has 18 heavy (non-hydrogen) atoms. The van der Waals surface area contributed by atoms with Crippen molar-refractivity contribution in [3.05, 3.63) is 41.1 Å². The summed E-state index contributed by atoms with van der Waals surface area (Å²) in [5, 5.41) is 25.6. The number of nitrogens with zero attached hydrogens (tertiary/aromatic N) is 3. The number of hydrogen-bond donors (Lipinski definition) is 1. The SMILES string of the molecule is Cc1cccc(C)c1Oc1nnc(C#N)cc1O. The molecule has 90 valence electrons. The molecule has 5 heteroatoms. The van der Waals surface area contributed by atoms with E-state index in [2.05, 4.69) is 10.2 Å². The standard InChI is InChI=1S/C13H11N3O2/c1-8-4-3-5-9(2)12(8)18-13-11(17)6-10(7-14)15-16-13/h3-6H,1-2H3,(H,15,17). The summed E-state index contributed by atoms with van der Waals surface area (Å²) in [4.78, 5) is 0. The van der Waals surface area contributed by atoms with E-state index in [0.29, 0.717) is 5.75 Å². The van der Waals surface area contributed by atoms with Gasteiger partial charge in [0.1, 0.15) is 11.8 Å². The van der Waals surface area contributed by atoms with Crippen molar-refractivity contribution in [3.8, 4) is 23.4 Å². The molecule has 0 fully saturated rings. The average Bonchev–Trinajstić information content (AvgIpc) is 2.35. The minimum Gasteiger partial charge on any atom is -0.503 e. The summed E-state index contributed by atoms with van der Waals surface area (Å²) >= 11 is 0. The minimum absolute atomic E-state index is 0.00796. The van der Waals surface area contributed by atoms with Crippen molar-refractivity contribution < 1.29 is 9.84 Å². The van der Waals surface area contributed by atoms with E-state index in [4.69, 9.17) is 10.00 Å². The van der Waals surface area contributed by atoms with Crippen LogP contribution in [0.2, 0.25) is 0 Å². The van der Waals surface area contributed by atoms with Crippen LogP contribution in [0.3, 0.4) is 0 Å². The average molecular weight is 241 g/mol. The number of hydrogen-bond acceptors (Lipinski definition) is 5. The van der Waals surface area contributed by atoms with Gasteiger partial charge in [0.2, 0.25) is 0 Å². The maximum atomic E-state index is 9.69. The number of aromatic hydroxyl groups is 1. The van der Waals surface area contributed by atoms with Crippen LogP contribution < -0.4 is 4.74 Å². The van der Waals surface area contributed by atoms with Gasteiger partial charge in [0.25, 0.3) is 5.88 Å². The third-order valence-electron chi connectivity index (χ3n) is 2.46. The number of aryl methyl sites for hydroxylation is 2. The van der Waals surface area contributed by atoms with Gasteiger partial charge in [-0.25, -0.2) is 0 Å². The third kappa shape index (κ3) is 2.23. The molecular weight excluding hydrogens is 230 g/mol. The zero-order valence-electron chi connectivity index (χ0n) is 10.0. The van der Waals surface area contributed by atoms with Gasteiger partial charge < -0.3 is 9.84 Å². The Morgan fingerprint density at radius 2 is 1.89 bits per heavy atom. The Morgan fingerprint density at radius 3 is 2.44 bits per heavy atom. The van der Waals surface area contributed by atoms with Gasteiger partial charge in [0.15, 0.2) is 11.4 Å². The summed E-state index contributed by atoms with van der Waals surface area (Å²) < 4.78 is 5.54. The lowest BCUT2D eigenvalue weighted by Gasteiger charge is -2.10. The van der Waals surface area contributed by atoms with E-state index in [0.717, 1.165) is 11.1 Å². The van der Waals surface area contributed by atoms with Crippen LogP contribution in [0.15, 0.2) is 24.3 Å². The van der Waals surface area contributed by atoms with Gasteiger partial charge in [-0.05, 0) is 25.0 Å². The lowest BCUT2D eigenvalue weighted by molar-refractivity contribution is 0.388. The highest BCUT2D eigenvalue weighted by Crippen LogP contribution is 2.31. The van der Waals surface area contributed by atoms with E-state index in [1.165, 1.54) is 6.07 Å². The number of benzene rings is 1. The van der Waals surface area contributed by atoms with Gasteiger partial charge in [0.05, 0.1) is 0 Å². The van der Waals surface area contributed by atoms with E-state index in [1.807, 2.05) is 32.0 Å². The summed E-state index contributed by atoms with van der Waals surface area (Å²) in [5.41, 5.74) is 1.91. The quantitative estimate of drug-likeness (QED) is 0.873. The molecule has 0 aliphatic heterocycles. The van der Waals surface area contributed by atoms with Crippen molar-refractivity contribution in [2.24, 2.45) is 0 Å². The van der Waals surface area contributed by atoms with Crippen LogP contribution in [0.4, 0.5) is 0 Å². The molecule has 1 aromatic carbocycles. The van der Waals surface area contributed by atoms with Crippen molar-refractivity contribution in [3.63, 3.8) is 0 Å². The first kappa shape index (κ1) is 11.9. The van der Waals surface area contributed by atoms with Crippen molar-refractivity contribution in [1.29, 1.82) is 5.26 Å². The third-order valence-corrected chi connectivity index (χ3v) is 2.46. The molecule has 0 aliphatic rings. The van der Waals surface area contributed by atoms with Crippen LogP contribution in [0.25, 0.3) is 0 Å². The maximum Gasteiger partial charge on any atom is 0.281 e. The Balaban J connectivity index is 2.38. The van der Waals surface area contributed by atoms with Gasteiger partial charge in [-0.15, -0.1) is 10.2 Å². The van der Waals surface area contributed by atoms with E-state index in [1.54, 1.807) is 6.07 Å². The number of aromatic nitrogens is 2. The number of nitriles is 1. The van der Waals surface area contributed by atoms with E-state index < -0.39 is 0 Å². The molecule has 0 saturated carbocycles. The number of rotatable bonds is 2. The lowest BCUT2D eigenvalue weighted by atomic mass is 10.1. The fraction of sp³-hybridized carbons (Fsp3) is 0.154. The number of para-hydroxylation sites is 1. The van der Waals surface area contributed by atoms with E-state index in [-0.39, 0.29) is 17.3 Å². The first-order valence-corrected chi connectivity index (χ1v) is 5.32. The zero-order chi connectivity index (χ0) is 13.1. The van der Waals surface area contributed by atoms with Crippen LogP contribution in [0.1, 0.15) is 16.8 Å². The summed E-state index contributed by atoms with van der Waals surface area (Å²) in [6, 6.07) is 8.73. The largest absolute Gasteiger partial charge is 0.503 e. The van der Waals surface area contributed by atoms with E-state index >= 15 is 0 Å².